The lowest BCUT2D eigenvalue weighted by atomic mass is 10.2. The lowest BCUT2D eigenvalue weighted by molar-refractivity contribution is 0.453. The summed E-state index contributed by atoms with van der Waals surface area (Å²) in [7, 11) is 0. The van der Waals surface area contributed by atoms with Crippen molar-refractivity contribution in [3.05, 3.63) is 35.3 Å². The molecule has 0 bridgehead atoms. The second-order valence-electron chi connectivity index (χ2n) is 5.35. The highest BCUT2D eigenvalue weighted by Gasteiger charge is 2.08. The lowest BCUT2D eigenvalue weighted by Gasteiger charge is -2.09. The third-order valence-corrected chi connectivity index (χ3v) is 3.73. The van der Waals surface area contributed by atoms with Gasteiger partial charge in [0.05, 0.1) is 5.69 Å². The Morgan fingerprint density at radius 2 is 2.15 bits per heavy atom. The molecular formula is C15H21N3OS. The summed E-state index contributed by atoms with van der Waals surface area (Å²) in [6.45, 7) is 10.3. The van der Waals surface area contributed by atoms with Crippen molar-refractivity contribution in [2.24, 2.45) is 5.92 Å². The van der Waals surface area contributed by atoms with Gasteiger partial charge in [0, 0.05) is 12.7 Å². The highest BCUT2D eigenvalue weighted by atomic mass is 32.2. The van der Waals surface area contributed by atoms with Crippen molar-refractivity contribution in [3.63, 3.8) is 0 Å². The van der Waals surface area contributed by atoms with Crippen LogP contribution in [0.25, 0.3) is 0 Å². The van der Waals surface area contributed by atoms with Gasteiger partial charge >= 0.3 is 0 Å². The number of aromatic nitrogens is 2. The van der Waals surface area contributed by atoms with Crippen LogP contribution >= 0.6 is 11.8 Å². The Labute approximate surface area is 124 Å². The third kappa shape index (κ3) is 4.35. The largest absolute Gasteiger partial charge is 0.439 e. The minimum atomic E-state index is 0.642. The minimum absolute atomic E-state index is 0.642. The van der Waals surface area contributed by atoms with E-state index in [1.54, 1.807) is 6.26 Å². The first kappa shape index (κ1) is 15.1. The molecule has 5 heteroatoms. The SMILES string of the molecule is Cc1coc(Sc2ncc(CNCC(C)C)cc2C)n1. The number of hydrogen-bond acceptors (Lipinski definition) is 5. The van der Waals surface area contributed by atoms with E-state index in [2.05, 4.69) is 42.1 Å². The standard InChI is InChI=1S/C15H21N3OS/c1-10(2)6-16-7-13-5-11(3)14(17-8-13)20-15-18-12(4)9-19-15/h5,8-10,16H,6-7H2,1-4H3. The van der Waals surface area contributed by atoms with Crippen LogP contribution < -0.4 is 5.32 Å². The molecule has 20 heavy (non-hydrogen) atoms. The van der Waals surface area contributed by atoms with Crippen molar-refractivity contribution in [3.8, 4) is 0 Å². The van der Waals surface area contributed by atoms with Gasteiger partial charge in [0.25, 0.3) is 5.22 Å². The van der Waals surface area contributed by atoms with Gasteiger partial charge < -0.3 is 9.73 Å². The molecule has 0 aliphatic rings. The average molecular weight is 291 g/mol. The van der Waals surface area contributed by atoms with Gasteiger partial charge in [-0.15, -0.1) is 0 Å². The van der Waals surface area contributed by atoms with Crippen LogP contribution in [0.2, 0.25) is 0 Å². The molecule has 0 atom stereocenters. The van der Waals surface area contributed by atoms with E-state index in [1.165, 1.54) is 17.3 Å². The molecule has 0 aliphatic carbocycles. The molecule has 0 radical (unpaired) electrons. The molecule has 0 aliphatic heterocycles. The van der Waals surface area contributed by atoms with Gasteiger partial charge in [0.1, 0.15) is 11.3 Å². The van der Waals surface area contributed by atoms with Crippen molar-refractivity contribution in [1.82, 2.24) is 15.3 Å². The molecule has 0 saturated heterocycles. The zero-order valence-electron chi connectivity index (χ0n) is 12.4. The van der Waals surface area contributed by atoms with Crippen molar-refractivity contribution in [1.29, 1.82) is 0 Å². The van der Waals surface area contributed by atoms with Crippen LogP contribution in [0.1, 0.15) is 30.7 Å². The maximum absolute atomic E-state index is 5.34. The number of aryl methyl sites for hydroxylation is 2. The average Bonchev–Trinajstić information content (AvgIpc) is 2.78. The number of pyridine rings is 1. The van der Waals surface area contributed by atoms with Gasteiger partial charge in [-0.25, -0.2) is 9.97 Å². The van der Waals surface area contributed by atoms with Crippen molar-refractivity contribution < 1.29 is 4.42 Å². The van der Waals surface area contributed by atoms with Crippen LogP contribution in [0.15, 0.2) is 33.2 Å². The predicted octanol–water partition coefficient (Wildman–Crippen LogP) is 3.58. The van der Waals surface area contributed by atoms with Crippen LogP contribution in [-0.4, -0.2) is 16.5 Å². The van der Waals surface area contributed by atoms with Crippen LogP contribution in [0.3, 0.4) is 0 Å². The molecule has 0 saturated carbocycles. The van der Waals surface area contributed by atoms with Crippen LogP contribution in [-0.2, 0) is 6.54 Å². The fourth-order valence-corrected chi connectivity index (χ4v) is 2.57. The lowest BCUT2D eigenvalue weighted by Crippen LogP contribution is -2.19. The maximum Gasteiger partial charge on any atom is 0.262 e. The molecule has 1 N–H and O–H groups in total. The van der Waals surface area contributed by atoms with Crippen LogP contribution in [0.5, 0.6) is 0 Å². The highest BCUT2D eigenvalue weighted by Crippen LogP contribution is 2.27. The van der Waals surface area contributed by atoms with E-state index in [-0.39, 0.29) is 0 Å². The molecule has 2 heterocycles. The quantitative estimate of drug-likeness (QED) is 0.881. The molecular weight excluding hydrogens is 270 g/mol. The van der Waals surface area contributed by atoms with Crippen LogP contribution in [0.4, 0.5) is 0 Å². The molecule has 2 aromatic rings. The van der Waals surface area contributed by atoms with E-state index in [1.807, 2.05) is 13.1 Å². The number of rotatable bonds is 6. The summed E-state index contributed by atoms with van der Waals surface area (Å²) < 4.78 is 5.34. The molecule has 0 unspecified atom stereocenters. The van der Waals surface area contributed by atoms with Gasteiger partial charge in [-0.2, -0.15) is 0 Å². The van der Waals surface area contributed by atoms with Crippen molar-refractivity contribution in [2.45, 2.75) is 44.5 Å². The van der Waals surface area contributed by atoms with Crippen molar-refractivity contribution >= 4 is 11.8 Å². The zero-order valence-corrected chi connectivity index (χ0v) is 13.3. The normalized spacial score (nSPS) is 11.2. The number of nitrogens with zero attached hydrogens (tertiary/aromatic N) is 2. The highest BCUT2D eigenvalue weighted by molar-refractivity contribution is 7.99. The Hall–Kier alpha value is -1.33. The molecule has 2 aromatic heterocycles. The Bertz CT molecular complexity index is 566. The van der Waals surface area contributed by atoms with Crippen molar-refractivity contribution in [2.75, 3.05) is 6.54 Å². The Kier molecular flexibility index (Phi) is 5.20. The smallest absolute Gasteiger partial charge is 0.262 e. The summed E-state index contributed by atoms with van der Waals surface area (Å²) >= 11 is 1.46. The van der Waals surface area contributed by atoms with E-state index in [4.69, 9.17) is 4.42 Å². The first-order valence-electron chi connectivity index (χ1n) is 6.81. The Balaban J connectivity index is 1.98. The molecule has 0 spiro atoms. The second-order valence-corrected chi connectivity index (χ2v) is 6.29. The zero-order chi connectivity index (χ0) is 14.5. The van der Waals surface area contributed by atoms with Gasteiger partial charge in [-0.3, -0.25) is 0 Å². The molecule has 0 amide bonds. The maximum atomic E-state index is 5.34. The molecule has 4 nitrogen and oxygen atoms in total. The minimum Gasteiger partial charge on any atom is -0.439 e. The summed E-state index contributed by atoms with van der Waals surface area (Å²) in [6, 6.07) is 2.17. The van der Waals surface area contributed by atoms with Gasteiger partial charge in [0.2, 0.25) is 0 Å². The summed E-state index contributed by atoms with van der Waals surface area (Å²) in [6.07, 6.45) is 3.57. The molecule has 0 aromatic carbocycles. The number of nitrogens with one attached hydrogen (secondary N) is 1. The molecule has 108 valence electrons. The van der Waals surface area contributed by atoms with E-state index < -0.39 is 0 Å². The second kappa shape index (κ2) is 6.90. The summed E-state index contributed by atoms with van der Waals surface area (Å²) in [5.74, 6) is 0.659. The first-order valence-corrected chi connectivity index (χ1v) is 7.62. The topological polar surface area (TPSA) is 51.0 Å². The van der Waals surface area contributed by atoms with Gasteiger partial charge in [-0.1, -0.05) is 19.9 Å². The Morgan fingerprint density at radius 1 is 1.35 bits per heavy atom. The van der Waals surface area contributed by atoms with E-state index in [0.29, 0.717) is 11.1 Å². The van der Waals surface area contributed by atoms with Gasteiger partial charge in [-0.05, 0) is 49.2 Å². The fourth-order valence-electron chi connectivity index (χ4n) is 1.79. The van der Waals surface area contributed by atoms with E-state index in [9.17, 15) is 0 Å². The molecule has 2 rings (SSSR count). The summed E-state index contributed by atoms with van der Waals surface area (Å²) in [5, 5.41) is 5.01. The predicted molar refractivity (Wildman–Crippen MR) is 80.9 cm³/mol. The Morgan fingerprint density at radius 3 is 2.75 bits per heavy atom. The van der Waals surface area contributed by atoms with E-state index >= 15 is 0 Å². The number of oxazole rings is 1. The fraction of sp³-hybridized carbons (Fsp3) is 0.467. The third-order valence-electron chi connectivity index (χ3n) is 2.75. The monoisotopic (exact) mass is 291 g/mol. The molecule has 0 fully saturated rings. The summed E-state index contributed by atoms with van der Waals surface area (Å²) in [4.78, 5) is 8.79. The van der Waals surface area contributed by atoms with Gasteiger partial charge in [0.15, 0.2) is 0 Å². The number of hydrogen-bond donors (Lipinski definition) is 1. The summed E-state index contributed by atoms with van der Waals surface area (Å²) in [5.41, 5.74) is 3.24. The van der Waals surface area contributed by atoms with Crippen LogP contribution in [0, 0.1) is 19.8 Å². The van der Waals surface area contributed by atoms with E-state index in [0.717, 1.165) is 29.4 Å². The first-order chi connectivity index (χ1) is 9.54.